The molecule has 15 atom stereocenters. The molecule has 0 radical (unpaired) electrons. The summed E-state index contributed by atoms with van der Waals surface area (Å²) in [6.07, 6.45) is -30.1. The molecule has 0 spiro atoms. The fourth-order valence-electron chi connectivity index (χ4n) is 12.6. The predicted octanol–water partition coefficient (Wildman–Crippen LogP) is 11.1. The highest BCUT2D eigenvalue weighted by molar-refractivity contribution is 5.95. The Morgan fingerprint density at radius 3 is 0.623 bits per heavy atom. The first-order valence-corrected chi connectivity index (χ1v) is 36.0. The maximum Gasteiger partial charge on any atom is 0.338 e. The second-order valence-corrected chi connectivity index (χ2v) is 25.9. The molecule has 0 aliphatic carbocycles. The Bertz CT molecular complexity index is 4900. The molecule has 114 heavy (non-hydrogen) atoms. The van der Waals surface area contributed by atoms with Crippen molar-refractivity contribution in [2.45, 2.75) is 92.1 Å². The molecule has 15 unspecified atom stereocenters. The van der Waals surface area contributed by atoms with Crippen molar-refractivity contribution in [1.29, 1.82) is 0 Å². The Labute approximate surface area is 651 Å². The second-order valence-electron chi connectivity index (χ2n) is 25.9. The number of rotatable bonds is 27. The van der Waals surface area contributed by atoms with Crippen LogP contribution in [0.15, 0.2) is 303 Å². The van der Waals surface area contributed by atoms with Gasteiger partial charge in [0, 0.05) is 0 Å². The topological polar surface area (TPSA) is 329 Å². The van der Waals surface area contributed by atoms with Gasteiger partial charge >= 0.3 is 59.7 Å². The Morgan fingerprint density at radius 2 is 0.386 bits per heavy atom. The quantitative estimate of drug-likeness (QED) is 0.0369. The molecule has 3 saturated heterocycles. The Hall–Kier alpha value is -13.3. The first-order valence-electron chi connectivity index (χ1n) is 36.0. The molecule has 1 N–H and O–H groups in total. The molecule has 10 aromatic rings. The van der Waals surface area contributed by atoms with E-state index in [1.54, 1.807) is 121 Å². The molecule has 3 fully saturated rings. The van der Waals surface area contributed by atoms with Gasteiger partial charge in [-0.25, -0.2) is 47.9 Å². The minimum absolute atomic E-state index is 0.00533. The molecule has 13 rings (SSSR count). The third-order valence-corrected chi connectivity index (χ3v) is 18.3. The van der Waals surface area contributed by atoms with Gasteiger partial charge in [0.05, 0.1) is 68.8 Å². The fourth-order valence-corrected chi connectivity index (χ4v) is 12.6. The normalized spacial score (nSPS) is 22.9. The lowest BCUT2D eigenvalue weighted by Gasteiger charge is -2.47. The highest BCUT2D eigenvalue weighted by Crippen LogP contribution is 2.38. The van der Waals surface area contributed by atoms with Crippen LogP contribution in [0.3, 0.4) is 0 Å². The molecule has 26 nitrogen and oxygen atoms in total. The van der Waals surface area contributed by atoms with E-state index in [-0.39, 0.29) is 55.6 Å². The van der Waals surface area contributed by atoms with E-state index in [0.29, 0.717) is 0 Å². The molecule has 3 aliphatic heterocycles. The monoisotopic (exact) mass is 1540 g/mol. The molecule has 580 valence electrons. The SMILES string of the molecule is O=C(OCC1OC(OCC2OC(OCC3OC(O)C(OC(=O)c4ccccc4)C(OC(=O)c4ccccc4)C3OC(=O)c3ccccc3)C(OC(=O)c3ccccc3)C(OC(=O)c3ccccc3)C2OC(=O)c2ccccc2)C(OC(=O)c2ccccc2)C(OC(=O)c2ccccc2)C1OC(=O)c1ccccc1)c1ccccc1. The van der Waals surface area contributed by atoms with Crippen LogP contribution in [-0.4, -0.2) is 177 Å². The number of esters is 10. The maximum absolute atomic E-state index is 15.0. The molecule has 3 heterocycles. The number of aliphatic hydroxyl groups excluding tert-OH is 1. The van der Waals surface area contributed by atoms with Gasteiger partial charge in [-0.2, -0.15) is 0 Å². The second kappa shape index (κ2) is 38.1. The van der Waals surface area contributed by atoms with Crippen LogP contribution in [0.5, 0.6) is 0 Å². The summed E-state index contributed by atoms with van der Waals surface area (Å²) in [5.74, 6) is -10.5. The summed E-state index contributed by atoms with van der Waals surface area (Å²) in [6, 6.07) is 75.6. The molecule has 0 aromatic heterocycles. The molecule has 0 bridgehead atoms. The van der Waals surface area contributed by atoms with E-state index >= 15 is 4.79 Å². The van der Waals surface area contributed by atoms with Crippen molar-refractivity contribution < 1.29 is 124 Å². The summed E-state index contributed by atoms with van der Waals surface area (Å²) in [5, 5.41) is 12.3. The van der Waals surface area contributed by atoms with E-state index in [0.717, 1.165) is 0 Å². The number of carbonyl (C=O) groups is 10. The van der Waals surface area contributed by atoms with Gasteiger partial charge in [-0.1, -0.05) is 182 Å². The van der Waals surface area contributed by atoms with Crippen LogP contribution in [-0.2, 0) is 71.1 Å². The molecule has 0 saturated carbocycles. The first kappa shape index (κ1) is 78.8. The lowest BCUT2D eigenvalue weighted by atomic mass is 9.96. The maximum atomic E-state index is 15.0. The van der Waals surface area contributed by atoms with Crippen molar-refractivity contribution in [3.63, 3.8) is 0 Å². The van der Waals surface area contributed by atoms with Crippen LogP contribution in [0.2, 0.25) is 0 Å². The minimum Gasteiger partial charge on any atom is -0.459 e. The van der Waals surface area contributed by atoms with Gasteiger partial charge in [0.15, 0.2) is 73.8 Å². The average molecular weight is 1550 g/mol. The van der Waals surface area contributed by atoms with E-state index in [1.807, 2.05) is 0 Å². The van der Waals surface area contributed by atoms with Crippen LogP contribution in [0.25, 0.3) is 0 Å². The van der Waals surface area contributed by atoms with Gasteiger partial charge in [0.25, 0.3) is 0 Å². The van der Waals surface area contributed by atoms with E-state index < -0.39 is 172 Å². The van der Waals surface area contributed by atoms with Crippen molar-refractivity contribution in [3.05, 3.63) is 359 Å². The van der Waals surface area contributed by atoms with Crippen molar-refractivity contribution in [2.24, 2.45) is 0 Å². The highest BCUT2D eigenvalue weighted by atomic mass is 16.8. The summed E-state index contributed by atoms with van der Waals surface area (Å²) < 4.78 is 96.0. The van der Waals surface area contributed by atoms with Gasteiger partial charge in [-0.15, -0.1) is 0 Å². The third kappa shape index (κ3) is 19.9. The molecular weight excluding hydrogens is 1470 g/mol. The van der Waals surface area contributed by atoms with Crippen molar-refractivity contribution in [3.8, 4) is 0 Å². The molecule has 26 heteroatoms. The smallest absolute Gasteiger partial charge is 0.338 e. The van der Waals surface area contributed by atoms with Crippen LogP contribution in [0.4, 0.5) is 0 Å². The summed E-state index contributed by atoms with van der Waals surface area (Å²) in [6.45, 7) is -2.78. The van der Waals surface area contributed by atoms with E-state index in [1.165, 1.54) is 182 Å². The van der Waals surface area contributed by atoms with E-state index in [2.05, 4.69) is 0 Å². The van der Waals surface area contributed by atoms with Crippen LogP contribution in [0.1, 0.15) is 104 Å². The zero-order valence-corrected chi connectivity index (χ0v) is 60.3. The standard InChI is InChI=1S/C88H72O26/c89-76(54-31-11-1-12-32-54)100-51-65-68(107-78(91)56-35-15-3-16-36-56)71(110-81(94)59-41-21-6-22-42-59)74(113-84(97)62-47-27-9-28-48-62)88(104-65)102-53-66-69(108-79(92)57-37-17-4-18-38-57)72(111-82(95)60-43-23-7-24-44-60)75(114-85(98)63-49-29-10-30-50-63)87(105-66)101-52-64-67(106-77(90)55-33-13-2-14-34-55)70(109-80(93)58-39-19-5-20-40-58)73(86(99)103-64)112-83(96)61-45-25-8-26-46-61/h1-50,64-75,86-88,99H,51-53H2. The summed E-state index contributed by atoms with van der Waals surface area (Å²) in [7, 11) is 0. The largest absolute Gasteiger partial charge is 0.459 e. The van der Waals surface area contributed by atoms with Gasteiger partial charge in [0.1, 0.15) is 24.9 Å². The van der Waals surface area contributed by atoms with E-state index in [9.17, 15) is 48.3 Å². The Morgan fingerprint density at radius 1 is 0.211 bits per heavy atom. The third-order valence-electron chi connectivity index (χ3n) is 18.3. The number of aliphatic hydroxyl groups is 1. The molecule has 3 aliphatic rings. The zero-order chi connectivity index (χ0) is 79.3. The zero-order valence-electron chi connectivity index (χ0n) is 60.3. The van der Waals surface area contributed by atoms with Crippen molar-refractivity contribution in [2.75, 3.05) is 19.8 Å². The van der Waals surface area contributed by atoms with Crippen LogP contribution in [0, 0.1) is 0 Å². The van der Waals surface area contributed by atoms with Crippen LogP contribution < -0.4 is 0 Å². The molecule has 0 amide bonds. The minimum atomic E-state index is -2.25. The number of benzene rings is 10. The summed E-state index contributed by atoms with van der Waals surface area (Å²) in [5.41, 5.74) is -0.345. The van der Waals surface area contributed by atoms with Crippen molar-refractivity contribution in [1.82, 2.24) is 0 Å². The first-order chi connectivity index (χ1) is 55.6. The highest BCUT2D eigenvalue weighted by Gasteiger charge is 2.59. The lowest BCUT2D eigenvalue weighted by Crippen LogP contribution is -2.66. The number of hydrogen-bond donors (Lipinski definition) is 1. The van der Waals surface area contributed by atoms with Gasteiger partial charge < -0.3 is 76.2 Å². The summed E-state index contributed by atoms with van der Waals surface area (Å²) in [4.78, 5) is 146. The van der Waals surface area contributed by atoms with E-state index in [4.69, 9.17) is 71.1 Å². The Kier molecular flexibility index (Phi) is 26.3. The fraction of sp³-hybridized carbons (Fsp3) is 0.205. The van der Waals surface area contributed by atoms with Gasteiger partial charge in [0.2, 0.25) is 0 Å². The Balaban J connectivity index is 0.937. The predicted molar refractivity (Wildman–Crippen MR) is 398 cm³/mol. The molecule has 10 aromatic carbocycles. The summed E-state index contributed by atoms with van der Waals surface area (Å²) >= 11 is 0. The van der Waals surface area contributed by atoms with Gasteiger partial charge in [-0.05, 0) is 121 Å². The van der Waals surface area contributed by atoms with Crippen LogP contribution >= 0.6 is 0 Å². The number of carbonyl (C=O) groups excluding carboxylic acids is 10. The number of hydrogen-bond acceptors (Lipinski definition) is 26. The van der Waals surface area contributed by atoms with Crippen molar-refractivity contribution >= 4 is 59.7 Å². The van der Waals surface area contributed by atoms with Gasteiger partial charge in [-0.3, -0.25) is 0 Å². The average Bonchev–Trinajstić information content (AvgIpc) is 0.758. The lowest BCUT2D eigenvalue weighted by molar-refractivity contribution is -0.337. The molecular formula is C88H72O26. The number of ether oxygens (including phenoxy) is 15.